The molecule has 0 spiro atoms. The normalized spacial score (nSPS) is 16.6. The predicted molar refractivity (Wildman–Crippen MR) is 108 cm³/mol. The molecule has 4 nitrogen and oxygen atoms in total. The maximum Gasteiger partial charge on any atom is 0.478 e. The van der Waals surface area contributed by atoms with E-state index in [9.17, 15) is 0 Å². The Hall–Kier alpha value is 1.19. The van der Waals surface area contributed by atoms with Crippen molar-refractivity contribution >= 4 is 49.9 Å². The van der Waals surface area contributed by atoms with E-state index < -0.39 is 34.0 Å². The molecule has 0 aromatic carbocycles. The molecule has 0 aliphatic heterocycles. The first-order chi connectivity index (χ1) is 9.68. The molecule has 0 rings (SSSR count). The molecule has 0 fully saturated rings. The molecule has 0 heterocycles. The van der Waals surface area contributed by atoms with Gasteiger partial charge in [0, 0.05) is 18.5 Å². The second kappa shape index (κ2) is 9.04. The highest BCUT2D eigenvalue weighted by atomic mass is 79.9. The van der Waals surface area contributed by atoms with Crippen molar-refractivity contribution in [1.29, 1.82) is 0 Å². The summed E-state index contributed by atoms with van der Waals surface area (Å²) >= 11 is 3.45. The number of rotatable bonds is 11. The van der Waals surface area contributed by atoms with E-state index in [1.54, 1.807) is 0 Å². The maximum atomic E-state index is 6.43. The molecule has 0 amide bonds. The van der Waals surface area contributed by atoms with Crippen LogP contribution in [0.1, 0.15) is 12.8 Å². The van der Waals surface area contributed by atoms with Crippen molar-refractivity contribution < 1.29 is 16.8 Å². The Kier molecular flexibility index (Phi) is 9.53. The zero-order valence-corrected chi connectivity index (χ0v) is 21.4. The fourth-order valence-electron chi connectivity index (χ4n) is 2.29. The van der Waals surface area contributed by atoms with Gasteiger partial charge in [0.25, 0.3) is 0 Å². The first kappa shape index (κ1) is 23.2. The third-order valence-corrected chi connectivity index (χ3v) is 15.5. The third kappa shape index (κ3) is 12.6. The van der Waals surface area contributed by atoms with Crippen molar-refractivity contribution in [1.82, 2.24) is 0 Å². The Morgan fingerprint density at radius 2 is 1.18 bits per heavy atom. The van der Waals surface area contributed by atoms with E-state index in [0.29, 0.717) is 6.61 Å². The molecule has 9 heteroatoms. The summed E-state index contributed by atoms with van der Waals surface area (Å²) in [4.78, 5) is 0. The number of halogens is 1. The lowest BCUT2D eigenvalue weighted by Gasteiger charge is -2.40. The van der Waals surface area contributed by atoms with E-state index in [-0.39, 0.29) is 0 Å². The molecule has 0 N–H and O–H groups in total. The van der Waals surface area contributed by atoms with Crippen molar-refractivity contribution in [3.63, 3.8) is 0 Å². The Labute approximate surface area is 150 Å². The van der Waals surface area contributed by atoms with Crippen LogP contribution in [0.2, 0.25) is 58.9 Å². The molecule has 1 atom stereocenters. The van der Waals surface area contributed by atoms with Gasteiger partial charge in [0.2, 0.25) is 0 Å². The summed E-state index contributed by atoms with van der Waals surface area (Å²) in [5, 5.41) is 1.00. The van der Waals surface area contributed by atoms with Gasteiger partial charge in [0.1, 0.15) is 0 Å². The molecule has 0 aromatic heterocycles. The zero-order chi connectivity index (χ0) is 17.7. The summed E-state index contributed by atoms with van der Waals surface area (Å²) in [6.45, 7) is 20.0. The van der Waals surface area contributed by atoms with Gasteiger partial charge in [-0.25, -0.2) is 0 Å². The molecule has 0 saturated heterocycles. The Morgan fingerprint density at radius 3 is 1.59 bits per heavy atom. The summed E-state index contributed by atoms with van der Waals surface area (Å²) in [5.41, 5.74) is 0. The second-order valence-electron chi connectivity index (χ2n) is 8.04. The van der Waals surface area contributed by atoms with E-state index in [2.05, 4.69) is 68.3 Å². The Bertz CT molecular complexity index is 331. The van der Waals surface area contributed by atoms with E-state index in [4.69, 9.17) is 16.8 Å². The minimum Gasteiger partial charge on any atom is -0.437 e. The molecular formula is C13H35BrO4Si4. The monoisotopic (exact) mass is 446 g/mol. The average Bonchev–Trinajstić information content (AvgIpc) is 2.16. The van der Waals surface area contributed by atoms with Crippen LogP contribution in [0, 0.1) is 0 Å². The van der Waals surface area contributed by atoms with Gasteiger partial charge in [0.15, 0.2) is 16.6 Å². The fourth-order valence-corrected chi connectivity index (χ4v) is 18.7. The first-order valence-electron chi connectivity index (χ1n) is 7.98. The van der Waals surface area contributed by atoms with Crippen LogP contribution in [0.4, 0.5) is 0 Å². The largest absolute Gasteiger partial charge is 0.478 e. The van der Waals surface area contributed by atoms with Crippen LogP contribution < -0.4 is 0 Å². The van der Waals surface area contributed by atoms with Crippen molar-refractivity contribution in [2.24, 2.45) is 0 Å². The number of hydrogen-bond donors (Lipinski definition) is 0. The van der Waals surface area contributed by atoms with Crippen LogP contribution in [-0.2, 0) is 16.8 Å². The minimum absolute atomic E-state index is 0.691. The van der Waals surface area contributed by atoms with Gasteiger partial charge >= 0.3 is 17.4 Å². The van der Waals surface area contributed by atoms with Crippen LogP contribution in [0.25, 0.3) is 0 Å². The topological polar surface area (TPSA) is 36.9 Å². The summed E-state index contributed by atoms with van der Waals surface area (Å²) < 4.78 is 25.2. The molecule has 0 radical (unpaired) electrons. The van der Waals surface area contributed by atoms with E-state index in [1.807, 2.05) is 6.55 Å². The fraction of sp³-hybridized carbons (Fsp3) is 1.00. The van der Waals surface area contributed by atoms with E-state index >= 15 is 0 Å². The summed E-state index contributed by atoms with van der Waals surface area (Å²) in [6, 6.07) is 0. The highest BCUT2D eigenvalue weighted by Crippen LogP contribution is 2.25. The molecule has 0 saturated carbocycles. The van der Waals surface area contributed by atoms with Gasteiger partial charge in [-0.1, -0.05) is 15.9 Å². The lowest BCUT2D eigenvalue weighted by molar-refractivity contribution is 0.153. The second-order valence-corrected chi connectivity index (χ2v) is 24.5. The number of unbranched alkanes of at least 4 members (excludes halogenated alkanes) is 1. The third-order valence-electron chi connectivity index (χ3n) is 2.37. The Balaban J connectivity index is 4.90. The smallest absolute Gasteiger partial charge is 0.437 e. The van der Waals surface area contributed by atoms with Gasteiger partial charge in [-0.2, -0.15) is 0 Å². The van der Waals surface area contributed by atoms with Gasteiger partial charge in [-0.15, -0.1) is 0 Å². The predicted octanol–water partition coefficient (Wildman–Crippen LogP) is 5.17. The van der Waals surface area contributed by atoms with Crippen molar-refractivity contribution in [2.45, 2.75) is 71.8 Å². The molecule has 134 valence electrons. The Morgan fingerprint density at radius 1 is 0.682 bits per heavy atom. The number of alkyl halides is 1. The quantitative estimate of drug-likeness (QED) is 0.249. The van der Waals surface area contributed by atoms with Crippen LogP contribution in [0.15, 0.2) is 0 Å². The standard InChI is InChI=1S/C13H35BrO4Si4/c1-19(2,3)16-21(7,8)18-22(9,17-20(4,5)6)15-13-11-10-12-14/h10-13H2,1-9H3. The minimum atomic E-state index is -2.66. The molecule has 0 aromatic rings. The first-order valence-corrected chi connectivity index (χ1v) is 21.0. The number of hydrogen-bond acceptors (Lipinski definition) is 4. The molecule has 0 aliphatic rings. The maximum absolute atomic E-state index is 6.43. The summed E-state index contributed by atoms with van der Waals surface area (Å²) in [7, 11) is -8.30. The molecule has 0 aliphatic carbocycles. The average molecular weight is 448 g/mol. The highest BCUT2D eigenvalue weighted by molar-refractivity contribution is 9.09. The lowest BCUT2D eigenvalue weighted by atomic mass is 10.4. The van der Waals surface area contributed by atoms with E-state index in [0.717, 1.165) is 18.2 Å². The molecule has 22 heavy (non-hydrogen) atoms. The van der Waals surface area contributed by atoms with Gasteiger partial charge in [-0.3, -0.25) is 0 Å². The van der Waals surface area contributed by atoms with Crippen molar-refractivity contribution in [3.8, 4) is 0 Å². The molecular weight excluding hydrogens is 412 g/mol. The summed E-state index contributed by atoms with van der Waals surface area (Å²) in [5.74, 6) is 0. The van der Waals surface area contributed by atoms with Crippen molar-refractivity contribution in [2.75, 3.05) is 11.9 Å². The van der Waals surface area contributed by atoms with Crippen molar-refractivity contribution in [3.05, 3.63) is 0 Å². The van der Waals surface area contributed by atoms with E-state index in [1.165, 1.54) is 0 Å². The van der Waals surface area contributed by atoms with Crippen LogP contribution in [0.3, 0.4) is 0 Å². The molecule has 1 unspecified atom stereocenters. The van der Waals surface area contributed by atoms with Crippen LogP contribution >= 0.6 is 15.9 Å². The van der Waals surface area contributed by atoms with Crippen LogP contribution in [0.5, 0.6) is 0 Å². The van der Waals surface area contributed by atoms with Gasteiger partial charge < -0.3 is 16.8 Å². The SMILES string of the molecule is C[Si](C)(C)O[Si](C)(C)O[Si](C)(OCCCCBr)O[Si](C)(C)C. The van der Waals surface area contributed by atoms with Gasteiger partial charge in [-0.05, 0) is 65.2 Å². The van der Waals surface area contributed by atoms with Gasteiger partial charge in [0.05, 0.1) is 0 Å². The highest BCUT2D eigenvalue weighted by Gasteiger charge is 2.46. The zero-order valence-electron chi connectivity index (χ0n) is 15.8. The van der Waals surface area contributed by atoms with Crippen LogP contribution in [-0.4, -0.2) is 45.9 Å². The lowest BCUT2D eigenvalue weighted by Crippen LogP contribution is -2.58. The summed E-state index contributed by atoms with van der Waals surface area (Å²) in [6.07, 6.45) is 2.12. The molecule has 0 bridgehead atoms.